The van der Waals surface area contributed by atoms with Gasteiger partial charge in [0.2, 0.25) is 11.8 Å². The zero-order chi connectivity index (χ0) is 20.5. The maximum atomic E-state index is 12.8. The summed E-state index contributed by atoms with van der Waals surface area (Å²) in [7, 11) is -3.28. The summed E-state index contributed by atoms with van der Waals surface area (Å²) in [5.74, 6) is -3.83. The second-order valence-corrected chi connectivity index (χ2v) is 8.02. The monoisotopic (exact) mass is 394 g/mol. The molecule has 3 amide bonds. The first-order valence-corrected chi connectivity index (χ1v) is 10.3. The normalized spacial score (nSPS) is 15.0. The fourth-order valence-corrected chi connectivity index (χ4v) is 2.88. The first-order valence-electron chi connectivity index (χ1n) is 8.62. The van der Waals surface area contributed by atoms with Crippen LogP contribution in [0.5, 0.6) is 0 Å². The van der Waals surface area contributed by atoms with E-state index < -0.39 is 43.2 Å². The summed E-state index contributed by atoms with van der Waals surface area (Å²) in [6, 6.07) is -1.89. The van der Waals surface area contributed by atoms with Gasteiger partial charge in [-0.05, 0) is 26.8 Å². The van der Waals surface area contributed by atoms with Crippen LogP contribution in [0.2, 0.25) is 0 Å². The van der Waals surface area contributed by atoms with Crippen molar-refractivity contribution in [3.05, 3.63) is 0 Å². The first-order chi connectivity index (χ1) is 12.0. The van der Waals surface area contributed by atoms with E-state index in [9.17, 15) is 28.7 Å². The van der Waals surface area contributed by atoms with Crippen molar-refractivity contribution < 1.29 is 28.7 Å². The molecule has 26 heavy (non-hydrogen) atoms. The molecule has 152 valence electrons. The zero-order valence-corrected chi connectivity index (χ0v) is 16.7. The van der Waals surface area contributed by atoms with Gasteiger partial charge in [-0.2, -0.15) is 0 Å². The predicted molar refractivity (Wildman–Crippen MR) is 97.0 cm³/mol. The van der Waals surface area contributed by atoms with Gasteiger partial charge in [0.25, 0.3) is 5.91 Å². The van der Waals surface area contributed by atoms with Crippen molar-refractivity contribution in [2.75, 3.05) is 13.6 Å². The number of likely N-dealkylation sites (N-methyl/N-ethyl adjacent to an activating group) is 1. The van der Waals surface area contributed by atoms with Crippen molar-refractivity contribution in [1.29, 1.82) is 0 Å². The van der Waals surface area contributed by atoms with Crippen molar-refractivity contribution >= 4 is 25.3 Å². The van der Waals surface area contributed by atoms with Crippen molar-refractivity contribution in [3.63, 3.8) is 0 Å². The molecule has 0 saturated heterocycles. The lowest BCUT2D eigenvalue weighted by Gasteiger charge is -2.31. The van der Waals surface area contributed by atoms with Gasteiger partial charge in [0, 0.05) is 0 Å². The number of hydrogen-bond acceptors (Lipinski definition) is 6. The van der Waals surface area contributed by atoms with Gasteiger partial charge >= 0.3 is 7.60 Å². The van der Waals surface area contributed by atoms with Crippen molar-refractivity contribution in [3.8, 4) is 0 Å². The Hall–Kier alpha value is -1.32. The molecule has 0 bridgehead atoms. The number of hydrogen-bond donors (Lipinski definition) is 5. The van der Waals surface area contributed by atoms with E-state index in [4.69, 9.17) is 5.73 Å². The molecule has 0 aliphatic heterocycles. The van der Waals surface area contributed by atoms with E-state index in [0.717, 1.165) is 6.92 Å². The highest BCUT2D eigenvalue weighted by molar-refractivity contribution is 7.52. The summed E-state index contributed by atoms with van der Waals surface area (Å²) in [5.41, 5.74) is 5.75. The van der Waals surface area contributed by atoms with Crippen molar-refractivity contribution in [2.24, 2.45) is 5.73 Å². The zero-order valence-electron chi connectivity index (χ0n) is 15.8. The van der Waals surface area contributed by atoms with E-state index in [1.165, 1.54) is 7.05 Å². The van der Waals surface area contributed by atoms with Gasteiger partial charge in [0.1, 0.15) is 11.8 Å². The van der Waals surface area contributed by atoms with Gasteiger partial charge in [0.05, 0.1) is 12.6 Å². The van der Waals surface area contributed by atoms with Crippen LogP contribution in [0.15, 0.2) is 0 Å². The molecule has 11 heteroatoms. The smallest absolute Gasteiger partial charge is 0.343 e. The Morgan fingerprint density at radius 2 is 1.69 bits per heavy atom. The van der Waals surface area contributed by atoms with Gasteiger partial charge in [-0.25, -0.2) is 0 Å². The molecule has 10 nitrogen and oxygen atoms in total. The molecule has 0 spiro atoms. The Morgan fingerprint density at radius 3 is 2.12 bits per heavy atom. The second kappa shape index (κ2) is 11.4. The number of nitrogens with zero attached hydrogens (tertiary/aromatic N) is 1. The lowest BCUT2D eigenvalue weighted by atomic mass is 10.1. The quantitative estimate of drug-likeness (QED) is 0.293. The van der Waals surface area contributed by atoms with Crippen LogP contribution in [-0.4, -0.2) is 63.9 Å². The molecule has 0 aromatic carbocycles. The third kappa shape index (κ3) is 7.51. The molecule has 0 heterocycles. The van der Waals surface area contributed by atoms with Crippen LogP contribution in [-0.2, 0) is 18.9 Å². The number of amides is 3. The molecule has 3 atom stereocenters. The Balaban J connectivity index is 5.59. The maximum Gasteiger partial charge on any atom is 0.348 e. The predicted octanol–water partition coefficient (Wildman–Crippen LogP) is -0.503. The number of carbonyl (C=O) groups excluding carboxylic acids is 3. The fourth-order valence-electron chi connectivity index (χ4n) is 2.34. The Kier molecular flexibility index (Phi) is 10.8. The van der Waals surface area contributed by atoms with Crippen LogP contribution in [0.3, 0.4) is 0 Å². The standard InChI is InChI=1S/C15H31N4O6P/c1-5-7-11(16)14(21)18-12(8-6-2)15(22)19(13(20)9-17-4)10(3)26(23,24)25/h10-12,17H,5-9,16H2,1-4H3,(H,18,21)(H2,23,24,25)/t10-,11+,12+/m1/s1. The van der Waals surface area contributed by atoms with Gasteiger partial charge in [0.15, 0.2) is 0 Å². The molecule has 0 radical (unpaired) electrons. The highest BCUT2D eigenvalue weighted by atomic mass is 31.2. The topological polar surface area (TPSA) is 162 Å². The van der Waals surface area contributed by atoms with Gasteiger partial charge in [-0.1, -0.05) is 26.7 Å². The van der Waals surface area contributed by atoms with Gasteiger partial charge in [-0.15, -0.1) is 0 Å². The Bertz CT molecular complexity index is 538. The van der Waals surface area contributed by atoms with E-state index in [0.29, 0.717) is 24.2 Å². The van der Waals surface area contributed by atoms with Crippen LogP contribution in [0.4, 0.5) is 0 Å². The fraction of sp³-hybridized carbons (Fsp3) is 0.800. The summed E-state index contributed by atoms with van der Waals surface area (Å²) in [5, 5.41) is 5.06. The van der Waals surface area contributed by atoms with Gasteiger partial charge < -0.3 is 26.2 Å². The molecule has 0 aromatic rings. The van der Waals surface area contributed by atoms with Crippen LogP contribution >= 0.6 is 7.60 Å². The van der Waals surface area contributed by atoms with Crippen molar-refractivity contribution in [1.82, 2.24) is 15.5 Å². The summed E-state index contributed by atoms with van der Waals surface area (Å²) in [6.45, 7) is 4.46. The van der Waals surface area contributed by atoms with Crippen molar-refractivity contribution in [2.45, 2.75) is 64.3 Å². The number of nitrogens with two attached hydrogens (primary N) is 1. The molecule has 0 aliphatic carbocycles. The Morgan fingerprint density at radius 1 is 1.15 bits per heavy atom. The number of imide groups is 1. The second-order valence-electron chi connectivity index (χ2n) is 6.10. The minimum absolute atomic E-state index is 0.209. The number of rotatable bonds is 11. The summed E-state index contributed by atoms with van der Waals surface area (Å²) >= 11 is 0. The SMILES string of the molecule is CCC[C@H](NC(=O)[C@@H](N)CCC)C(=O)N(C(=O)CNC)[C@@H](C)P(=O)(O)O. The van der Waals surface area contributed by atoms with Crippen LogP contribution < -0.4 is 16.4 Å². The molecular weight excluding hydrogens is 363 g/mol. The third-order valence-electron chi connectivity index (χ3n) is 3.82. The first kappa shape index (κ1) is 24.7. The number of nitrogens with one attached hydrogen (secondary N) is 2. The van der Waals surface area contributed by atoms with E-state index >= 15 is 0 Å². The third-order valence-corrected chi connectivity index (χ3v) is 5.03. The molecular formula is C15H31N4O6P. The highest BCUT2D eigenvalue weighted by Gasteiger charge is 2.40. The van der Waals surface area contributed by atoms with Gasteiger partial charge in [-0.3, -0.25) is 23.8 Å². The summed E-state index contributed by atoms with van der Waals surface area (Å²) in [4.78, 5) is 56.6. The minimum atomic E-state index is -4.75. The molecule has 0 rings (SSSR count). The molecule has 0 unspecified atom stereocenters. The summed E-state index contributed by atoms with van der Waals surface area (Å²) < 4.78 is 11.6. The maximum absolute atomic E-state index is 12.8. The molecule has 0 aliphatic rings. The average Bonchev–Trinajstić information content (AvgIpc) is 2.53. The van der Waals surface area contributed by atoms with Crippen LogP contribution in [0.1, 0.15) is 46.5 Å². The van der Waals surface area contributed by atoms with E-state index in [-0.39, 0.29) is 13.0 Å². The average molecular weight is 394 g/mol. The Labute approximate surface area is 154 Å². The molecule has 0 fully saturated rings. The largest absolute Gasteiger partial charge is 0.348 e. The summed E-state index contributed by atoms with van der Waals surface area (Å²) in [6.07, 6.45) is 1.84. The molecule has 6 N–H and O–H groups in total. The van der Waals surface area contributed by atoms with Crippen LogP contribution in [0.25, 0.3) is 0 Å². The lowest BCUT2D eigenvalue weighted by Crippen LogP contribution is -2.56. The van der Waals surface area contributed by atoms with E-state index in [1.807, 2.05) is 6.92 Å². The minimum Gasteiger partial charge on any atom is -0.343 e. The molecule has 0 aromatic heterocycles. The highest BCUT2D eigenvalue weighted by Crippen LogP contribution is 2.42. The van der Waals surface area contributed by atoms with Crippen LogP contribution in [0, 0.1) is 0 Å². The van der Waals surface area contributed by atoms with E-state index in [2.05, 4.69) is 10.6 Å². The number of carbonyl (C=O) groups is 3. The van der Waals surface area contributed by atoms with E-state index in [1.54, 1.807) is 6.92 Å². The molecule has 0 saturated carbocycles. The lowest BCUT2D eigenvalue weighted by molar-refractivity contribution is -0.148.